The normalized spacial score (nSPS) is 15.7. The molecular formula is C108H100ClF4N23O9. The summed E-state index contributed by atoms with van der Waals surface area (Å²) >= 11 is 5.92. The molecule has 0 atom stereocenters. The number of aliphatic hydroxyl groups is 1. The molecule has 2 N–H and O–H groups in total. The number of carbonyl (C=O) groups is 6. The van der Waals surface area contributed by atoms with E-state index in [1.165, 1.54) is 18.5 Å². The molecule has 16 aromatic rings. The Hall–Kier alpha value is -16.7. The molecule has 0 bridgehead atoms. The zero-order valence-electron chi connectivity index (χ0n) is 80.2. The van der Waals surface area contributed by atoms with Gasteiger partial charge in [-0.2, -0.15) is 0 Å². The van der Waals surface area contributed by atoms with Crippen molar-refractivity contribution in [3.63, 3.8) is 0 Å². The monoisotopic (exact) mass is 1970 g/mol. The molecule has 5 fully saturated rings. The molecule has 5 saturated heterocycles. The molecule has 21 rings (SSSR count). The molecule has 0 saturated carbocycles. The molecule has 145 heavy (non-hydrogen) atoms. The number of carbonyl (C=O) groups excluding carboxylic acids is 6. The smallest absolute Gasteiger partial charge is 0.255 e. The number of Topliss-reactive ketones (excluding diaryl/α,β-unsaturated/α-hetero) is 1. The predicted octanol–water partition coefficient (Wildman–Crippen LogP) is 20.3. The van der Waals surface area contributed by atoms with Gasteiger partial charge in [-0.3, -0.25) is 52.0 Å². The Bertz CT molecular complexity index is 7730. The zero-order valence-corrected chi connectivity index (χ0v) is 81.0. The van der Waals surface area contributed by atoms with Crippen LogP contribution in [0.15, 0.2) is 231 Å². The zero-order chi connectivity index (χ0) is 102. The van der Waals surface area contributed by atoms with E-state index in [0.717, 1.165) is 44.6 Å². The molecule has 17 heterocycles. The van der Waals surface area contributed by atoms with E-state index in [4.69, 9.17) is 42.4 Å². The summed E-state index contributed by atoms with van der Waals surface area (Å²) in [6, 6.07) is 46.1. The Morgan fingerprint density at radius 3 is 1.18 bits per heavy atom. The van der Waals surface area contributed by atoms with Crippen LogP contribution in [0.3, 0.4) is 0 Å². The number of hydrogen-bond donors (Lipinski definition) is 2. The van der Waals surface area contributed by atoms with Crippen LogP contribution in [0.4, 0.5) is 40.3 Å². The summed E-state index contributed by atoms with van der Waals surface area (Å²) in [5, 5.41) is 26.2. The number of fused-ring (bicyclic) bond motifs is 5. The summed E-state index contributed by atoms with van der Waals surface area (Å²) in [6.07, 6.45) is 21.8. The predicted molar refractivity (Wildman–Crippen MR) is 539 cm³/mol. The molecule has 4 aromatic carbocycles. The summed E-state index contributed by atoms with van der Waals surface area (Å²) in [5.74, 6) is -0.394. The minimum atomic E-state index is -1.21. The Balaban J connectivity index is 0.000000125. The number of benzene rings is 4. The largest absolute Gasteiger partial charge is 0.519 e. The summed E-state index contributed by atoms with van der Waals surface area (Å²) in [7, 11) is 0. The van der Waals surface area contributed by atoms with Crippen molar-refractivity contribution in [2.45, 2.75) is 146 Å². The summed E-state index contributed by atoms with van der Waals surface area (Å²) in [5.41, 5.74) is 8.53. The fourth-order valence-electron chi connectivity index (χ4n) is 17.6. The SMILES string of the molecule is CC1(F)CCN(C(=O)c2cnc3c(ccn3-c3ccc(C(=O)Cc4ccno4)nc3)c2)CC1.[C-]#[N+]c1ccc(-n2c(CCC(C)(C)O)cc3cc(C(=O)N4CCC(C)(F)CC4)cnc32)cc1.[C-]#[N+]c1ccc(-n2ccc3cc(C(=O)N4CCC(C)(F)CC4)cnc32)cc1O.[C-]#[N+]c1ccc(-n2cnc3cc(C(=O)N4CC(Cl)C4)cnc32)cc1.[C-]#[N+]c1ccc(-n2cnc3cc(C(=O)N4CCC(C)(F)CC4)cnc32)cc1. The van der Waals surface area contributed by atoms with Crippen LogP contribution in [-0.2, 0) is 12.8 Å². The summed E-state index contributed by atoms with van der Waals surface area (Å²) < 4.78 is 70.4. The molecule has 0 radical (unpaired) electrons. The molecule has 0 spiro atoms. The van der Waals surface area contributed by atoms with Crippen molar-refractivity contribution in [2.75, 3.05) is 65.4 Å². The van der Waals surface area contributed by atoms with Gasteiger partial charge in [0.25, 0.3) is 29.5 Å². The fraction of sp³-hybridized carbons (Fsp3) is 0.306. The second-order valence-corrected chi connectivity index (χ2v) is 38.8. The minimum Gasteiger partial charge on any atom is -0.519 e. The van der Waals surface area contributed by atoms with Crippen molar-refractivity contribution >= 4 is 125 Å². The van der Waals surface area contributed by atoms with E-state index in [2.05, 4.69) is 64.4 Å². The summed E-state index contributed by atoms with van der Waals surface area (Å²) in [4.78, 5) is 133. The number of likely N-dealkylation sites (tertiary alicyclic amines) is 5. The first-order valence-corrected chi connectivity index (χ1v) is 47.6. The lowest BCUT2D eigenvalue weighted by molar-refractivity contribution is 0.0493. The van der Waals surface area contributed by atoms with Crippen LogP contribution in [0, 0.1) is 26.3 Å². The first-order valence-electron chi connectivity index (χ1n) is 47.2. The second kappa shape index (κ2) is 41.8. The van der Waals surface area contributed by atoms with Gasteiger partial charge in [0.05, 0.1) is 89.6 Å². The Morgan fingerprint density at radius 1 is 0.421 bits per heavy atom. The van der Waals surface area contributed by atoms with Gasteiger partial charge in [-0.1, -0.05) is 47.6 Å². The third-order valence-electron chi connectivity index (χ3n) is 26.5. The number of amides is 5. The lowest BCUT2D eigenvalue weighted by Crippen LogP contribution is -2.50. The van der Waals surface area contributed by atoms with E-state index in [1.54, 1.807) is 211 Å². The maximum absolute atomic E-state index is 14.1. The number of pyridine rings is 6. The first-order chi connectivity index (χ1) is 69.4. The van der Waals surface area contributed by atoms with Crippen LogP contribution in [0.2, 0.25) is 0 Å². The number of phenolic OH excluding ortho intramolecular Hbond substituents is 1. The molecule has 736 valence electrons. The average Bonchev–Trinajstić information content (AvgIpc) is 1.62. The average molecular weight is 1980 g/mol. The third-order valence-corrected chi connectivity index (χ3v) is 26.8. The number of imidazole rings is 2. The molecule has 12 aromatic heterocycles. The van der Waals surface area contributed by atoms with Crippen LogP contribution >= 0.6 is 11.6 Å². The maximum atomic E-state index is 14.1. The molecular weight excluding hydrogens is 1870 g/mol. The van der Waals surface area contributed by atoms with Crippen LogP contribution in [-0.4, -0.2) is 237 Å². The molecule has 32 nitrogen and oxygen atoms in total. The second-order valence-electron chi connectivity index (χ2n) is 38.2. The highest BCUT2D eigenvalue weighted by atomic mass is 35.5. The Kier molecular flexibility index (Phi) is 28.8. The Morgan fingerprint density at radius 2 is 0.800 bits per heavy atom. The van der Waals surface area contributed by atoms with Crippen LogP contribution < -0.4 is 0 Å². The van der Waals surface area contributed by atoms with Crippen LogP contribution in [0.1, 0.15) is 173 Å². The lowest BCUT2D eigenvalue weighted by atomic mass is 9.95. The van der Waals surface area contributed by atoms with E-state index in [9.17, 15) is 56.5 Å². The fourth-order valence-corrected chi connectivity index (χ4v) is 17.9. The molecule has 0 unspecified atom stereocenters. The highest BCUT2D eigenvalue weighted by Crippen LogP contribution is 2.37. The Labute approximate surface area is 836 Å². The van der Waals surface area contributed by atoms with Gasteiger partial charge in [0.2, 0.25) is 5.69 Å². The van der Waals surface area contributed by atoms with Gasteiger partial charge in [-0.25, -0.2) is 71.8 Å². The third kappa shape index (κ3) is 23.1. The maximum Gasteiger partial charge on any atom is 0.255 e. The van der Waals surface area contributed by atoms with E-state index < -0.39 is 28.3 Å². The number of aromatic nitrogens is 14. The van der Waals surface area contributed by atoms with Crippen molar-refractivity contribution in [1.29, 1.82) is 0 Å². The standard InChI is InChI=1S/C26H29FN4O2.C24H22FN5O3.C21H19FN4O2.C20H18FN5O.C17H12ClN5O/c1-25(2,33)10-9-22-16-18-15-19(24(32)30-13-11-26(3,27)12-14-30)17-29-23(18)31(22)21-7-5-20(28-4)6-8-21;1-24(25)6-10-29(11-7-24)23(32)17-12-16-5-9-30(22(16)27-14-17)18-2-3-20(26-15-18)21(31)13-19-4-8-28-33-19;1-21(22)6-9-25(10-7-21)20(28)15-11-14-5-8-26(19(14)24-13-15)16-3-4-17(23-2)18(27)12-16;1-20(21)7-9-25(10-8-20)19(27)14-11-17-18(23-12-14)26(13-24-17)16-5-3-15(22-2)4-6-16;1-19-13-2-4-14(5-3-13)23-10-21-15-6-11(7-20-16(15)23)17(24)22-8-12(18)9-22/h5-8,15-17,33H,9-14H2,1-3H3;2-5,8-9,12,14-15H,6-7,10-11,13H2,1H3;3-5,8,11-13,27H,6-7,9-10H2,1H3;3-6,11-13H,7-10H2,1H3;2-7,10,12H,8-9H2. The van der Waals surface area contributed by atoms with Gasteiger partial charge in [-0.15, -0.1) is 11.6 Å². The van der Waals surface area contributed by atoms with Gasteiger partial charge in [-0.05, 0) is 215 Å². The van der Waals surface area contributed by atoms with Crippen LogP contribution in [0.5, 0.6) is 5.75 Å². The van der Waals surface area contributed by atoms with Crippen molar-refractivity contribution in [2.24, 2.45) is 0 Å². The van der Waals surface area contributed by atoms with Gasteiger partial charge in [0.15, 0.2) is 34.1 Å². The highest BCUT2D eigenvalue weighted by molar-refractivity contribution is 6.22. The summed E-state index contributed by atoms with van der Waals surface area (Å²) in [6.45, 7) is 42.5. The van der Waals surface area contributed by atoms with Crippen LogP contribution in [0.25, 0.3) is 103 Å². The topological polar surface area (TPSA) is 330 Å². The van der Waals surface area contributed by atoms with E-state index in [0.29, 0.717) is 231 Å². The molecule has 5 amide bonds. The number of hydrogen-bond acceptors (Lipinski definition) is 18. The minimum absolute atomic E-state index is 0.0447. The number of piperidine rings is 4. The van der Waals surface area contributed by atoms with Crippen molar-refractivity contribution in [1.82, 2.24) is 92.4 Å². The van der Waals surface area contributed by atoms with Crippen molar-refractivity contribution < 1.29 is 61.1 Å². The van der Waals surface area contributed by atoms with Crippen molar-refractivity contribution in [3.05, 3.63) is 317 Å². The number of phenols is 1. The number of nitrogens with zero attached hydrogens (tertiary/aromatic N) is 23. The number of alkyl halides is 5. The van der Waals surface area contributed by atoms with E-state index in [1.807, 2.05) is 85.1 Å². The van der Waals surface area contributed by atoms with Gasteiger partial charge in [0.1, 0.15) is 80.5 Å². The lowest BCUT2D eigenvalue weighted by Gasteiger charge is -2.35. The quantitative estimate of drug-likeness (QED) is 0.0393. The van der Waals surface area contributed by atoms with E-state index >= 15 is 0 Å². The number of rotatable bonds is 16. The number of aromatic hydroxyl groups is 1. The van der Waals surface area contributed by atoms with Gasteiger partial charge >= 0.3 is 0 Å². The molecule has 0 aliphatic carbocycles. The molecule has 5 aliphatic rings. The highest BCUT2D eigenvalue weighted by Gasteiger charge is 2.38. The van der Waals surface area contributed by atoms with Gasteiger partial charge in [0, 0.05) is 159 Å². The van der Waals surface area contributed by atoms with E-state index in [-0.39, 0.29) is 58.6 Å². The van der Waals surface area contributed by atoms with Gasteiger partial charge < -0.3 is 43.8 Å². The molecule has 37 heteroatoms. The molecule has 5 aliphatic heterocycles. The first kappa shape index (κ1) is 99.9. The van der Waals surface area contributed by atoms with Crippen molar-refractivity contribution in [3.8, 4) is 34.2 Å². The number of ketones is 1. The number of halogens is 5. The number of aryl methyl sites for hydroxylation is 1.